The second kappa shape index (κ2) is 6.47. The van der Waals surface area contributed by atoms with Crippen molar-refractivity contribution in [3.8, 4) is 11.5 Å². The number of rotatable bonds is 5. The highest BCUT2D eigenvalue weighted by atomic mass is 19.4. The van der Waals surface area contributed by atoms with Crippen LogP contribution < -0.4 is 4.74 Å². The van der Waals surface area contributed by atoms with Crippen molar-refractivity contribution in [1.82, 2.24) is 4.90 Å². The van der Waals surface area contributed by atoms with E-state index in [1.165, 1.54) is 13.2 Å². The molecule has 2 N–H and O–H groups in total. The number of carbonyl (C=O) groups excluding carboxylic acids is 1. The lowest BCUT2D eigenvalue weighted by atomic mass is 10.1. The van der Waals surface area contributed by atoms with Gasteiger partial charge in [0.05, 0.1) is 19.3 Å². The molecule has 1 amide bonds. The number of methoxy groups -OCH3 is 1. The Morgan fingerprint density at radius 1 is 1.40 bits per heavy atom. The fraction of sp³-hybridized carbons (Fsp3) is 0.417. The average Bonchev–Trinajstić information content (AvgIpc) is 2.35. The lowest BCUT2D eigenvalue weighted by Crippen LogP contribution is -2.40. The molecule has 0 saturated carbocycles. The largest absolute Gasteiger partial charge is 0.507 e. The maximum atomic E-state index is 12.4. The minimum atomic E-state index is -4.59. The molecule has 0 unspecified atom stereocenters. The summed E-state index contributed by atoms with van der Waals surface area (Å²) < 4.78 is 41.9. The first-order valence-corrected chi connectivity index (χ1v) is 5.62. The van der Waals surface area contributed by atoms with Gasteiger partial charge in [0.2, 0.25) is 0 Å². The molecule has 0 aliphatic carbocycles. The highest BCUT2D eigenvalue weighted by Gasteiger charge is 2.33. The lowest BCUT2D eigenvalue weighted by Gasteiger charge is -2.23. The Morgan fingerprint density at radius 3 is 2.50 bits per heavy atom. The summed E-state index contributed by atoms with van der Waals surface area (Å²) in [4.78, 5) is 12.4. The van der Waals surface area contributed by atoms with E-state index in [4.69, 9.17) is 9.84 Å². The van der Waals surface area contributed by atoms with E-state index in [1.807, 2.05) is 0 Å². The number of carbonyl (C=O) groups is 1. The second-order valence-electron chi connectivity index (χ2n) is 3.95. The SMILES string of the molecule is COc1ccc(C(=O)N(CCO)CC(F)(F)F)c(O)c1. The van der Waals surface area contributed by atoms with E-state index in [2.05, 4.69) is 0 Å². The Morgan fingerprint density at radius 2 is 2.05 bits per heavy atom. The summed E-state index contributed by atoms with van der Waals surface area (Å²) in [5, 5.41) is 18.4. The van der Waals surface area contributed by atoms with Gasteiger partial charge >= 0.3 is 6.18 Å². The summed E-state index contributed by atoms with van der Waals surface area (Å²) in [6, 6.07) is 3.63. The molecular weight excluding hydrogens is 279 g/mol. The summed E-state index contributed by atoms with van der Waals surface area (Å²) in [6.45, 7) is -2.60. The third-order valence-corrected chi connectivity index (χ3v) is 2.46. The number of phenols is 1. The Labute approximate surface area is 113 Å². The normalized spacial score (nSPS) is 11.2. The summed E-state index contributed by atoms with van der Waals surface area (Å²) in [6.07, 6.45) is -4.59. The van der Waals surface area contributed by atoms with Gasteiger partial charge in [-0.2, -0.15) is 13.2 Å². The van der Waals surface area contributed by atoms with Crippen LogP contribution >= 0.6 is 0 Å². The molecule has 0 saturated heterocycles. The zero-order valence-electron chi connectivity index (χ0n) is 10.6. The van der Waals surface area contributed by atoms with Gasteiger partial charge in [-0.15, -0.1) is 0 Å². The minimum absolute atomic E-state index is 0.267. The topological polar surface area (TPSA) is 70.0 Å². The monoisotopic (exact) mass is 293 g/mol. The molecule has 0 aromatic heterocycles. The number of aliphatic hydroxyl groups is 1. The smallest absolute Gasteiger partial charge is 0.406 e. The first-order valence-electron chi connectivity index (χ1n) is 5.62. The standard InChI is InChI=1S/C12H14F3NO4/c1-20-8-2-3-9(10(18)6-8)11(19)16(4-5-17)7-12(13,14)15/h2-3,6,17-18H,4-5,7H2,1H3. The molecule has 0 bridgehead atoms. The van der Waals surface area contributed by atoms with Gasteiger partial charge in [0.1, 0.15) is 18.0 Å². The summed E-state index contributed by atoms with van der Waals surface area (Å²) in [5.74, 6) is -1.24. The number of nitrogens with zero attached hydrogens (tertiary/aromatic N) is 1. The number of hydrogen-bond donors (Lipinski definition) is 2. The number of halogens is 3. The first kappa shape index (κ1) is 16.1. The highest BCUT2D eigenvalue weighted by Crippen LogP contribution is 2.26. The molecule has 1 rings (SSSR count). The molecule has 0 fully saturated rings. The predicted molar refractivity (Wildman–Crippen MR) is 63.7 cm³/mol. The molecule has 0 aliphatic rings. The second-order valence-corrected chi connectivity index (χ2v) is 3.95. The van der Waals surface area contributed by atoms with E-state index in [9.17, 15) is 23.1 Å². The molecule has 1 aromatic rings. The molecule has 0 aliphatic heterocycles. The molecule has 0 heterocycles. The summed E-state index contributed by atoms with van der Waals surface area (Å²) in [7, 11) is 1.35. The van der Waals surface area contributed by atoms with Crippen LogP contribution in [0.25, 0.3) is 0 Å². The highest BCUT2D eigenvalue weighted by molar-refractivity contribution is 5.97. The third kappa shape index (κ3) is 4.30. The van der Waals surface area contributed by atoms with Gasteiger partial charge in [0, 0.05) is 12.6 Å². The van der Waals surface area contributed by atoms with Crippen LogP contribution in [-0.2, 0) is 0 Å². The fourth-order valence-electron chi connectivity index (χ4n) is 1.58. The van der Waals surface area contributed by atoms with E-state index in [-0.39, 0.29) is 11.3 Å². The number of ether oxygens (including phenoxy) is 1. The number of alkyl halides is 3. The average molecular weight is 293 g/mol. The maximum absolute atomic E-state index is 12.4. The fourth-order valence-corrected chi connectivity index (χ4v) is 1.58. The third-order valence-electron chi connectivity index (χ3n) is 2.46. The van der Waals surface area contributed by atoms with Crippen molar-refractivity contribution < 1.29 is 32.9 Å². The van der Waals surface area contributed by atoms with Crippen LogP contribution in [0.4, 0.5) is 13.2 Å². The van der Waals surface area contributed by atoms with Crippen LogP contribution in [0.15, 0.2) is 18.2 Å². The molecular formula is C12H14F3NO4. The van der Waals surface area contributed by atoms with Gasteiger partial charge in [-0.3, -0.25) is 4.79 Å². The molecule has 8 heteroatoms. The number of amides is 1. The minimum Gasteiger partial charge on any atom is -0.507 e. The van der Waals surface area contributed by atoms with Gasteiger partial charge in [-0.25, -0.2) is 0 Å². The van der Waals surface area contributed by atoms with Crippen LogP contribution in [-0.4, -0.2) is 54.0 Å². The maximum Gasteiger partial charge on any atom is 0.406 e. The Hall–Kier alpha value is -1.96. The number of hydrogen-bond acceptors (Lipinski definition) is 4. The van der Waals surface area contributed by atoms with Crippen LogP contribution in [0.3, 0.4) is 0 Å². The number of aliphatic hydroxyl groups excluding tert-OH is 1. The Kier molecular flexibility index (Phi) is 5.20. The number of phenolic OH excluding ortho intramolecular Hbond substituents is 1. The summed E-state index contributed by atoms with van der Waals surface area (Å²) in [5.41, 5.74) is -0.288. The van der Waals surface area contributed by atoms with E-state index >= 15 is 0 Å². The van der Waals surface area contributed by atoms with E-state index in [0.29, 0.717) is 4.90 Å². The van der Waals surface area contributed by atoms with Crippen LogP contribution in [0, 0.1) is 0 Å². The van der Waals surface area contributed by atoms with E-state index in [1.54, 1.807) is 0 Å². The molecule has 0 spiro atoms. The quantitative estimate of drug-likeness (QED) is 0.861. The van der Waals surface area contributed by atoms with E-state index in [0.717, 1.165) is 12.1 Å². The van der Waals surface area contributed by atoms with Crippen molar-refractivity contribution in [2.45, 2.75) is 6.18 Å². The van der Waals surface area contributed by atoms with Gasteiger partial charge in [-0.05, 0) is 12.1 Å². The predicted octanol–water partition coefficient (Wildman–Crippen LogP) is 1.40. The van der Waals surface area contributed by atoms with Crippen molar-refractivity contribution in [3.63, 3.8) is 0 Å². The van der Waals surface area contributed by atoms with Crippen molar-refractivity contribution in [2.75, 3.05) is 26.8 Å². The molecule has 20 heavy (non-hydrogen) atoms. The molecule has 1 aromatic carbocycles. The number of benzene rings is 1. The van der Waals surface area contributed by atoms with Gasteiger partial charge in [-0.1, -0.05) is 0 Å². The van der Waals surface area contributed by atoms with Crippen LogP contribution in [0.2, 0.25) is 0 Å². The zero-order chi connectivity index (χ0) is 15.3. The number of aromatic hydroxyl groups is 1. The zero-order valence-corrected chi connectivity index (χ0v) is 10.6. The first-order chi connectivity index (χ1) is 9.28. The summed E-state index contributed by atoms with van der Waals surface area (Å²) >= 11 is 0. The van der Waals surface area contributed by atoms with Crippen LogP contribution in [0.5, 0.6) is 11.5 Å². The Balaban J connectivity index is 3.00. The van der Waals surface area contributed by atoms with E-state index < -0.39 is 37.5 Å². The van der Waals surface area contributed by atoms with Crippen molar-refractivity contribution in [1.29, 1.82) is 0 Å². The molecule has 0 radical (unpaired) electrons. The van der Waals surface area contributed by atoms with Gasteiger partial charge in [0.15, 0.2) is 0 Å². The van der Waals surface area contributed by atoms with Gasteiger partial charge < -0.3 is 19.8 Å². The van der Waals surface area contributed by atoms with Gasteiger partial charge in [0.25, 0.3) is 5.91 Å². The van der Waals surface area contributed by atoms with Crippen LogP contribution in [0.1, 0.15) is 10.4 Å². The Bertz CT molecular complexity index is 476. The molecule has 0 atom stereocenters. The van der Waals surface area contributed by atoms with Crippen molar-refractivity contribution >= 4 is 5.91 Å². The lowest BCUT2D eigenvalue weighted by molar-refractivity contribution is -0.141. The van der Waals surface area contributed by atoms with Crippen molar-refractivity contribution in [2.24, 2.45) is 0 Å². The molecule has 112 valence electrons. The molecule has 5 nitrogen and oxygen atoms in total. The van der Waals surface area contributed by atoms with Crippen molar-refractivity contribution in [3.05, 3.63) is 23.8 Å².